The highest BCUT2D eigenvalue weighted by atomic mass is 14.9. The Morgan fingerprint density at radius 3 is 2.75 bits per heavy atom. The van der Waals surface area contributed by atoms with E-state index in [1.54, 1.807) is 11.1 Å². The van der Waals surface area contributed by atoms with Gasteiger partial charge in [0.05, 0.1) is 0 Å². The molecule has 0 spiro atoms. The summed E-state index contributed by atoms with van der Waals surface area (Å²) < 4.78 is 0. The van der Waals surface area contributed by atoms with Crippen molar-refractivity contribution in [2.24, 2.45) is 5.92 Å². The molecular weight excluding hydrogens is 194 g/mol. The van der Waals surface area contributed by atoms with Crippen molar-refractivity contribution >= 4 is 0 Å². The maximum Gasteiger partial charge on any atom is -0.00173 e. The molecule has 1 heteroatoms. The second-order valence-electron chi connectivity index (χ2n) is 5.39. The van der Waals surface area contributed by atoms with E-state index >= 15 is 0 Å². The van der Waals surface area contributed by atoms with Crippen LogP contribution in [0.3, 0.4) is 0 Å². The smallest absolute Gasteiger partial charge is 0.00173 e. The van der Waals surface area contributed by atoms with Gasteiger partial charge in [0.15, 0.2) is 0 Å². The molecule has 86 valence electrons. The van der Waals surface area contributed by atoms with Gasteiger partial charge in [0.2, 0.25) is 0 Å². The Morgan fingerprint density at radius 1 is 1.12 bits per heavy atom. The first kappa shape index (κ1) is 10.3. The molecule has 1 aromatic carbocycles. The van der Waals surface area contributed by atoms with Crippen molar-refractivity contribution in [3.8, 4) is 0 Å². The van der Waals surface area contributed by atoms with Crippen LogP contribution in [-0.2, 0) is 6.42 Å². The molecule has 0 radical (unpaired) electrons. The quantitative estimate of drug-likeness (QED) is 0.817. The molecule has 2 fully saturated rings. The predicted octanol–water partition coefficient (Wildman–Crippen LogP) is 3.11. The summed E-state index contributed by atoms with van der Waals surface area (Å²) in [5.74, 6) is 1.77. The summed E-state index contributed by atoms with van der Waals surface area (Å²) in [6, 6.07) is 9.11. The second-order valence-corrected chi connectivity index (χ2v) is 5.39. The predicted molar refractivity (Wildman–Crippen MR) is 67.7 cm³/mol. The summed E-state index contributed by atoms with van der Waals surface area (Å²) in [6.45, 7) is 2.44. The fourth-order valence-electron chi connectivity index (χ4n) is 2.92. The van der Waals surface area contributed by atoms with Gasteiger partial charge < -0.3 is 5.32 Å². The van der Waals surface area contributed by atoms with E-state index in [1.807, 2.05) is 0 Å². The average molecular weight is 215 g/mol. The monoisotopic (exact) mass is 215 g/mol. The zero-order valence-electron chi connectivity index (χ0n) is 9.91. The molecule has 1 saturated heterocycles. The van der Waals surface area contributed by atoms with Crippen LogP contribution in [-0.4, -0.2) is 13.1 Å². The summed E-state index contributed by atoms with van der Waals surface area (Å²) >= 11 is 0. The van der Waals surface area contributed by atoms with Gasteiger partial charge in [0.1, 0.15) is 0 Å². The third-order valence-corrected chi connectivity index (χ3v) is 3.98. The Balaban J connectivity index is 1.72. The normalized spacial score (nSPS) is 25.6. The SMILES string of the molecule is c1ccc(C2CC2)c(CC2CCCNC2)c1. The molecule has 1 nitrogen and oxygen atoms in total. The third kappa shape index (κ3) is 2.30. The first-order valence-corrected chi connectivity index (χ1v) is 6.72. The highest BCUT2D eigenvalue weighted by Crippen LogP contribution is 2.42. The molecule has 1 atom stereocenters. The van der Waals surface area contributed by atoms with E-state index in [-0.39, 0.29) is 0 Å². The summed E-state index contributed by atoms with van der Waals surface area (Å²) in [4.78, 5) is 0. The molecule has 1 unspecified atom stereocenters. The first-order chi connectivity index (χ1) is 7.93. The molecule has 1 aliphatic carbocycles. The van der Waals surface area contributed by atoms with Crippen molar-refractivity contribution in [3.05, 3.63) is 35.4 Å². The molecule has 1 aromatic rings. The largest absolute Gasteiger partial charge is 0.316 e. The third-order valence-electron chi connectivity index (χ3n) is 3.98. The first-order valence-electron chi connectivity index (χ1n) is 6.72. The van der Waals surface area contributed by atoms with E-state index in [4.69, 9.17) is 0 Å². The van der Waals surface area contributed by atoms with E-state index in [0.29, 0.717) is 0 Å². The van der Waals surface area contributed by atoms with Gasteiger partial charge >= 0.3 is 0 Å². The molecule has 0 amide bonds. The molecule has 1 heterocycles. The number of hydrogen-bond donors (Lipinski definition) is 1. The van der Waals surface area contributed by atoms with Gasteiger partial charge in [-0.2, -0.15) is 0 Å². The summed E-state index contributed by atoms with van der Waals surface area (Å²) in [6.07, 6.45) is 6.89. The summed E-state index contributed by atoms with van der Waals surface area (Å²) in [5.41, 5.74) is 3.27. The average Bonchev–Trinajstić information content (AvgIpc) is 3.15. The standard InChI is InChI=1S/C15H21N/c1-2-6-15(13-7-8-13)14(5-1)10-12-4-3-9-16-11-12/h1-2,5-6,12-13,16H,3-4,7-11H2. The molecule has 16 heavy (non-hydrogen) atoms. The number of hydrogen-bond acceptors (Lipinski definition) is 1. The van der Waals surface area contributed by atoms with Crippen LogP contribution >= 0.6 is 0 Å². The fourth-order valence-corrected chi connectivity index (χ4v) is 2.92. The van der Waals surface area contributed by atoms with Gasteiger partial charge in [-0.05, 0) is 68.2 Å². The van der Waals surface area contributed by atoms with Gasteiger partial charge in [0, 0.05) is 0 Å². The lowest BCUT2D eigenvalue weighted by atomic mass is 9.89. The highest BCUT2D eigenvalue weighted by molar-refractivity contribution is 5.33. The van der Waals surface area contributed by atoms with E-state index in [0.717, 1.165) is 11.8 Å². The van der Waals surface area contributed by atoms with Crippen molar-refractivity contribution in [1.82, 2.24) is 5.32 Å². The number of rotatable bonds is 3. The lowest BCUT2D eigenvalue weighted by Gasteiger charge is -2.23. The van der Waals surface area contributed by atoms with E-state index in [9.17, 15) is 0 Å². The molecule has 0 aromatic heterocycles. The maximum atomic E-state index is 3.52. The van der Waals surface area contributed by atoms with Crippen LogP contribution in [0.1, 0.15) is 42.7 Å². The molecule has 1 aliphatic heterocycles. The number of nitrogens with one attached hydrogen (secondary N) is 1. The zero-order chi connectivity index (χ0) is 10.8. The number of benzene rings is 1. The van der Waals surface area contributed by atoms with Crippen LogP contribution in [0, 0.1) is 5.92 Å². The summed E-state index contributed by atoms with van der Waals surface area (Å²) in [7, 11) is 0. The van der Waals surface area contributed by atoms with Crippen LogP contribution in [0.2, 0.25) is 0 Å². The molecule has 0 bridgehead atoms. The van der Waals surface area contributed by atoms with Crippen molar-refractivity contribution in [3.63, 3.8) is 0 Å². The van der Waals surface area contributed by atoms with E-state index < -0.39 is 0 Å². The van der Waals surface area contributed by atoms with Crippen LogP contribution in [0.5, 0.6) is 0 Å². The van der Waals surface area contributed by atoms with Crippen molar-refractivity contribution in [2.75, 3.05) is 13.1 Å². The van der Waals surface area contributed by atoms with Crippen molar-refractivity contribution in [2.45, 2.75) is 38.0 Å². The molecule has 1 saturated carbocycles. The Bertz CT molecular complexity index is 348. The maximum absolute atomic E-state index is 3.52. The van der Waals surface area contributed by atoms with Gasteiger partial charge in [-0.1, -0.05) is 24.3 Å². The van der Waals surface area contributed by atoms with Gasteiger partial charge in [0.25, 0.3) is 0 Å². The fraction of sp³-hybridized carbons (Fsp3) is 0.600. The Kier molecular flexibility index (Phi) is 2.96. The Labute approximate surface area is 98.3 Å². The minimum atomic E-state index is 0.869. The molecule has 2 aliphatic rings. The lowest BCUT2D eigenvalue weighted by molar-refractivity contribution is 0.375. The Morgan fingerprint density at radius 2 is 2.00 bits per heavy atom. The minimum Gasteiger partial charge on any atom is -0.316 e. The topological polar surface area (TPSA) is 12.0 Å². The summed E-state index contributed by atoms with van der Waals surface area (Å²) in [5, 5.41) is 3.52. The van der Waals surface area contributed by atoms with Gasteiger partial charge in [-0.25, -0.2) is 0 Å². The Hall–Kier alpha value is -0.820. The van der Waals surface area contributed by atoms with Crippen molar-refractivity contribution in [1.29, 1.82) is 0 Å². The van der Waals surface area contributed by atoms with E-state index in [2.05, 4.69) is 29.6 Å². The van der Waals surface area contributed by atoms with Crippen LogP contribution < -0.4 is 5.32 Å². The number of piperidine rings is 1. The van der Waals surface area contributed by atoms with Crippen molar-refractivity contribution < 1.29 is 0 Å². The van der Waals surface area contributed by atoms with Crippen LogP contribution in [0.15, 0.2) is 24.3 Å². The van der Waals surface area contributed by atoms with Crippen LogP contribution in [0.4, 0.5) is 0 Å². The zero-order valence-corrected chi connectivity index (χ0v) is 9.91. The van der Waals surface area contributed by atoms with E-state index in [1.165, 1.54) is 45.2 Å². The van der Waals surface area contributed by atoms with Crippen LogP contribution in [0.25, 0.3) is 0 Å². The second kappa shape index (κ2) is 4.58. The molecule has 3 rings (SSSR count). The lowest BCUT2D eigenvalue weighted by Crippen LogP contribution is -2.31. The molecule has 1 N–H and O–H groups in total. The van der Waals surface area contributed by atoms with Gasteiger partial charge in [-0.3, -0.25) is 0 Å². The molecular formula is C15H21N. The highest BCUT2D eigenvalue weighted by Gasteiger charge is 2.26. The van der Waals surface area contributed by atoms with Gasteiger partial charge in [-0.15, -0.1) is 0 Å². The minimum absolute atomic E-state index is 0.869.